The van der Waals surface area contributed by atoms with Crippen LogP contribution in [0, 0.1) is 13.8 Å². The minimum Gasteiger partial charge on any atom is -0.491 e. The van der Waals surface area contributed by atoms with E-state index in [4.69, 9.17) is 4.74 Å². The van der Waals surface area contributed by atoms with Gasteiger partial charge in [-0.25, -0.2) is 4.99 Å². The van der Waals surface area contributed by atoms with E-state index in [1.54, 1.807) is 0 Å². The van der Waals surface area contributed by atoms with Crippen LogP contribution in [0.5, 0.6) is 5.75 Å². The summed E-state index contributed by atoms with van der Waals surface area (Å²) in [6.45, 7) is 8.66. The molecule has 25 heavy (non-hydrogen) atoms. The van der Waals surface area contributed by atoms with E-state index in [1.807, 2.05) is 56.8 Å². The summed E-state index contributed by atoms with van der Waals surface area (Å²) in [7, 11) is 3.96. The maximum Gasteiger partial charge on any atom is 0.194 e. The monoisotopic (exact) mass is 344 g/mol. The molecule has 7 heteroatoms. The van der Waals surface area contributed by atoms with Gasteiger partial charge in [-0.05, 0) is 32.4 Å². The van der Waals surface area contributed by atoms with Gasteiger partial charge in [-0.2, -0.15) is 0 Å². The van der Waals surface area contributed by atoms with E-state index in [-0.39, 0.29) is 0 Å². The van der Waals surface area contributed by atoms with Crippen molar-refractivity contribution < 1.29 is 4.74 Å². The number of hydrogen-bond acceptors (Lipinski definition) is 4. The summed E-state index contributed by atoms with van der Waals surface area (Å²) in [5, 5.41) is 11.5. The van der Waals surface area contributed by atoms with Gasteiger partial charge in [0.1, 0.15) is 24.7 Å². The van der Waals surface area contributed by atoms with Crippen molar-refractivity contribution in [2.45, 2.75) is 27.3 Å². The number of aromatic nitrogens is 3. The number of hydrogen-bond donors (Lipinski definition) is 1. The first-order chi connectivity index (χ1) is 12.0. The number of ether oxygens (including phenoxy) is 1. The molecule has 0 unspecified atom stereocenters. The van der Waals surface area contributed by atoms with Crippen LogP contribution >= 0.6 is 0 Å². The van der Waals surface area contributed by atoms with Gasteiger partial charge in [0, 0.05) is 20.6 Å². The van der Waals surface area contributed by atoms with Gasteiger partial charge in [-0.1, -0.05) is 18.2 Å². The fraction of sp³-hybridized carbons (Fsp3) is 0.500. The molecule has 0 aliphatic rings. The van der Waals surface area contributed by atoms with E-state index in [0.717, 1.165) is 42.0 Å². The van der Waals surface area contributed by atoms with Gasteiger partial charge in [0.15, 0.2) is 11.8 Å². The van der Waals surface area contributed by atoms with Crippen LogP contribution in [0.3, 0.4) is 0 Å². The maximum absolute atomic E-state index is 5.87. The Morgan fingerprint density at radius 2 is 2.04 bits per heavy atom. The fourth-order valence-electron chi connectivity index (χ4n) is 2.32. The lowest BCUT2D eigenvalue weighted by Gasteiger charge is -2.22. The standard InChI is InChI=1S/C18H28N6O/c1-6-19-18(20-13-17-22-21-15(3)24(17)5)23(4)11-12-25-16-10-8-7-9-14(16)2/h7-10H,6,11-13H2,1-5H3,(H,19,20). The molecule has 0 amide bonds. The number of likely N-dealkylation sites (N-methyl/N-ethyl adjacent to an activating group) is 1. The first-order valence-electron chi connectivity index (χ1n) is 8.55. The Hall–Kier alpha value is -2.57. The van der Waals surface area contributed by atoms with Crippen molar-refractivity contribution in [3.8, 4) is 5.75 Å². The molecule has 1 N–H and O–H groups in total. The first-order valence-corrected chi connectivity index (χ1v) is 8.55. The molecule has 0 bridgehead atoms. The molecule has 0 aliphatic carbocycles. The van der Waals surface area contributed by atoms with Gasteiger partial charge >= 0.3 is 0 Å². The smallest absolute Gasteiger partial charge is 0.194 e. The van der Waals surface area contributed by atoms with Crippen molar-refractivity contribution in [1.82, 2.24) is 25.0 Å². The van der Waals surface area contributed by atoms with Gasteiger partial charge in [0.2, 0.25) is 0 Å². The molecule has 136 valence electrons. The summed E-state index contributed by atoms with van der Waals surface area (Å²) < 4.78 is 7.82. The van der Waals surface area contributed by atoms with Gasteiger partial charge in [0.05, 0.1) is 6.54 Å². The maximum atomic E-state index is 5.87. The summed E-state index contributed by atoms with van der Waals surface area (Å²) in [6, 6.07) is 8.04. The van der Waals surface area contributed by atoms with Crippen molar-refractivity contribution >= 4 is 5.96 Å². The Labute approximate surface area is 149 Å². The molecular formula is C18H28N6O. The molecule has 1 aromatic heterocycles. The predicted octanol–water partition coefficient (Wildman–Crippen LogP) is 1.91. The minimum absolute atomic E-state index is 0.489. The van der Waals surface area contributed by atoms with Crippen molar-refractivity contribution in [2.75, 3.05) is 26.7 Å². The van der Waals surface area contributed by atoms with E-state index >= 15 is 0 Å². The summed E-state index contributed by atoms with van der Waals surface area (Å²) in [5.74, 6) is 3.48. The van der Waals surface area contributed by atoms with E-state index in [9.17, 15) is 0 Å². The first kappa shape index (κ1) is 18.8. The number of guanidine groups is 1. The number of nitrogens with one attached hydrogen (secondary N) is 1. The van der Waals surface area contributed by atoms with Crippen LogP contribution in [0.15, 0.2) is 29.3 Å². The second-order valence-electron chi connectivity index (χ2n) is 5.93. The number of para-hydroxylation sites is 1. The quantitative estimate of drug-likeness (QED) is 0.614. The van der Waals surface area contributed by atoms with E-state index in [1.165, 1.54) is 0 Å². The van der Waals surface area contributed by atoms with Crippen LogP contribution in [-0.4, -0.2) is 52.4 Å². The lowest BCUT2D eigenvalue weighted by Crippen LogP contribution is -2.41. The normalized spacial score (nSPS) is 11.5. The fourth-order valence-corrected chi connectivity index (χ4v) is 2.32. The largest absolute Gasteiger partial charge is 0.491 e. The summed E-state index contributed by atoms with van der Waals surface area (Å²) in [4.78, 5) is 6.71. The zero-order chi connectivity index (χ0) is 18.2. The van der Waals surface area contributed by atoms with Crippen LogP contribution in [0.2, 0.25) is 0 Å². The second kappa shape index (κ2) is 9.05. The molecule has 1 aromatic carbocycles. The zero-order valence-electron chi connectivity index (χ0n) is 15.8. The predicted molar refractivity (Wildman–Crippen MR) is 99.9 cm³/mol. The average molecular weight is 344 g/mol. The molecule has 0 saturated carbocycles. The molecule has 0 saturated heterocycles. The molecule has 0 radical (unpaired) electrons. The molecule has 0 spiro atoms. The molecule has 0 fully saturated rings. The molecule has 0 atom stereocenters. The lowest BCUT2D eigenvalue weighted by atomic mass is 10.2. The highest BCUT2D eigenvalue weighted by Gasteiger charge is 2.09. The van der Waals surface area contributed by atoms with Crippen molar-refractivity contribution in [3.05, 3.63) is 41.5 Å². The second-order valence-corrected chi connectivity index (χ2v) is 5.93. The SMILES string of the molecule is CCNC(=NCc1nnc(C)n1C)N(C)CCOc1ccccc1C. The number of rotatable bonds is 7. The third-order valence-corrected chi connectivity index (χ3v) is 4.03. The van der Waals surface area contributed by atoms with Crippen LogP contribution in [-0.2, 0) is 13.6 Å². The Morgan fingerprint density at radius 1 is 1.28 bits per heavy atom. The third-order valence-electron chi connectivity index (χ3n) is 4.03. The van der Waals surface area contributed by atoms with Crippen LogP contribution in [0.1, 0.15) is 24.1 Å². The van der Waals surface area contributed by atoms with E-state index in [0.29, 0.717) is 13.2 Å². The van der Waals surface area contributed by atoms with Gasteiger partial charge in [0.25, 0.3) is 0 Å². The number of aryl methyl sites for hydroxylation is 2. The number of nitrogens with zero attached hydrogens (tertiary/aromatic N) is 5. The minimum atomic E-state index is 0.489. The van der Waals surface area contributed by atoms with Gasteiger partial charge in [-0.3, -0.25) is 0 Å². The highest BCUT2D eigenvalue weighted by atomic mass is 16.5. The third kappa shape index (κ3) is 5.20. The molecule has 2 rings (SSSR count). The summed E-state index contributed by atoms with van der Waals surface area (Å²) in [5.41, 5.74) is 1.14. The highest BCUT2D eigenvalue weighted by molar-refractivity contribution is 5.79. The van der Waals surface area contributed by atoms with Crippen LogP contribution < -0.4 is 10.1 Å². The zero-order valence-corrected chi connectivity index (χ0v) is 15.8. The molecule has 1 heterocycles. The molecule has 0 aliphatic heterocycles. The van der Waals surface area contributed by atoms with Crippen LogP contribution in [0.4, 0.5) is 0 Å². The summed E-state index contributed by atoms with van der Waals surface area (Å²) in [6.07, 6.45) is 0. The number of benzene rings is 1. The molecule has 7 nitrogen and oxygen atoms in total. The Kier molecular flexibility index (Phi) is 6.80. The van der Waals surface area contributed by atoms with Gasteiger partial charge < -0.3 is 19.5 Å². The molecule has 2 aromatic rings. The highest BCUT2D eigenvalue weighted by Crippen LogP contribution is 2.15. The Balaban J connectivity index is 1.92. The summed E-state index contributed by atoms with van der Waals surface area (Å²) >= 11 is 0. The number of aliphatic imine (C=N–C) groups is 1. The molecular weight excluding hydrogens is 316 g/mol. The van der Waals surface area contributed by atoms with Gasteiger partial charge in [-0.15, -0.1) is 10.2 Å². The Bertz CT molecular complexity index is 709. The van der Waals surface area contributed by atoms with E-state index < -0.39 is 0 Å². The lowest BCUT2D eigenvalue weighted by molar-refractivity contribution is 0.280. The van der Waals surface area contributed by atoms with Crippen molar-refractivity contribution in [3.63, 3.8) is 0 Å². The van der Waals surface area contributed by atoms with Crippen molar-refractivity contribution in [2.24, 2.45) is 12.0 Å². The Morgan fingerprint density at radius 3 is 2.68 bits per heavy atom. The van der Waals surface area contributed by atoms with E-state index in [2.05, 4.69) is 32.3 Å². The van der Waals surface area contributed by atoms with Crippen LogP contribution in [0.25, 0.3) is 0 Å². The topological polar surface area (TPSA) is 67.6 Å². The van der Waals surface area contributed by atoms with Crippen molar-refractivity contribution in [1.29, 1.82) is 0 Å². The average Bonchev–Trinajstić information content (AvgIpc) is 2.92.